The van der Waals surface area contributed by atoms with Gasteiger partial charge in [-0.25, -0.2) is 0 Å². The molecule has 0 unspecified atom stereocenters. The van der Waals surface area contributed by atoms with Crippen molar-refractivity contribution in [3.05, 3.63) is 68.8 Å². The number of benzene rings is 2. The summed E-state index contributed by atoms with van der Waals surface area (Å²) < 4.78 is 38.0. The van der Waals surface area contributed by atoms with Gasteiger partial charge < -0.3 is 5.32 Å². The van der Waals surface area contributed by atoms with Crippen molar-refractivity contribution in [1.29, 1.82) is 0 Å². The molecule has 0 saturated carbocycles. The molecule has 126 valence electrons. The van der Waals surface area contributed by atoms with Crippen molar-refractivity contribution in [3.8, 4) is 0 Å². The van der Waals surface area contributed by atoms with E-state index < -0.39 is 22.6 Å². The van der Waals surface area contributed by atoms with Gasteiger partial charge in [0.1, 0.15) is 5.56 Å². The fourth-order valence-corrected chi connectivity index (χ4v) is 2.26. The zero-order valence-electron chi connectivity index (χ0n) is 12.8. The predicted molar refractivity (Wildman–Crippen MR) is 82.0 cm³/mol. The molecule has 0 aromatic heterocycles. The molecule has 0 radical (unpaired) electrons. The number of halogens is 3. The number of hydrogen-bond donors (Lipinski definition) is 1. The summed E-state index contributed by atoms with van der Waals surface area (Å²) in [6.07, 6.45) is -4.48. The summed E-state index contributed by atoms with van der Waals surface area (Å²) in [5.41, 5.74) is -0.565. The van der Waals surface area contributed by atoms with Crippen molar-refractivity contribution in [3.63, 3.8) is 0 Å². The number of carbonyl (C=O) groups excluding carboxylic acids is 1. The molecule has 0 fully saturated rings. The van der Waals surface area contributed by atoms with Gasteiger partial charge in [-0.1, -0.05) is 12.1 Å². The Morgan fingerprint density at radius 2 is 1.79 bits per heavy atom. The molecule has 0 heterocycles. The van der Waals surface area contributed by atoms with Crippen molar-refractivity contribution >= 4 is 17.3 Å². The fraction of sp³-hybridized carbons (Fsp3) is 0.188. The third-order valence-electron chi connectivity index (χ3n) is 3.48. The summed E-state index contributed by atoms with van der Waals surface area (Å²) in [6, 6.07) is 7.06. The van der Waals surface area contributed by atoms with E-state index in [4.69, 9.17) is 0 Å². The van der Waals surface area contributed by atoms with Crippen LogP contribution in [0.1, 0.15) is 27.0 Å². The van der Waals surface area contributed by atoms with Crippen molar-refractivity contribution in [2.24, 2.45) is 0 Å². The van der Waals surface area contributed by atoms with Crippen LogP contribution >= 0.6 is 0 Å². The van der Waals surface area contributed by atoms with Gasteiger partial charge in [-0.3, -0.25) is 14.9 Å². The molecule has 0 atom stereocenters. The highest BCUT2D eigenvalue weighted by Crippen LogP contribution is 2.32. The maximum Gasteiger partial charge on any atom is 0.416 e. The normalized spacial score (nSPS) is 11.2. The first-order chi connectivity index (χ1) is 11.1. The Morgan fingerprint density at radius 3 is 2.33 bits per heavy atom. The third kappa shape index (κ3) is 3.53. The summed E-state index contributed by atoms with van der Waals surface area (Å²) in [4.78, 5) is 22.7. The Hall–Kier alpha value is -2.90. The Kier molecular flexibility index (Phi) is 4.59. The Labute approximate surface area is 135 Å². The summed E-state index contributed by atoms with van der Waals surface area (Å²) in [6.45, 7) is 2.96. The molecule has 2 rings (SSSR count). The molecular weight excluding hydrogens is 325 g/mol. The number of rotatable bonds is 3. The monoisotopic (exact) mass is 338 g/mol. The van der Waals surface area contributed by atoms with Gasteiger partial charge in [0, 0.05) is 11.8 Å². The average Bonchev–Trinajstić information content (AvgIpc) is 2.47. The fourth-order valence-electron chi connectivity index (χ4n) is 2.26. The second-order valence-electron chi connectivity index (χ2n) is 5.21. The molecule has 1 amide bonds. The summed E-state index contributed by atoms with van der Waals surface area (Å²) >= 11 is 0. The highest BCUT2D eigenvalue weighted by atomic mass is 19.4. The predicted octanol–water partition coefficient (Wildman–Crippen LogP) is 4.48. The molecule has 2 aromatic carbocycles. The molecule has 0 aliphatic rings. The maximum absolute atomic E-state index is 12.7. The van der Waals surface area contributed by atoms with Crippen molar-refractivity contribution < 1.29 is 22.9 Å². The first kappa shape index (κ1) is 17.5. The summed E-state index contributed by atoms with van der Waals surface area (Å²) in [7, 11) is 0. The Balaban J connectivity index is 2.37. The van der Waals surface area contributed by atoms with Crippen molar-refractivity contribution in [1.82, 2.24) is 0 Å². The lowest BCUT2D eigenvalue weighted by Crippen LogP contribution is -2.16. The molecule has 0 saturated heterocycles. The minimum absolute atomic E-state index is 0.123. The lowest BCUT2D eigenvalue weighted by Gasteiger charge is -2.13. The van der Waals surface area contributed by atoms with Gasteiger partial charge in [-0.05, 0) is 43.2 Å². The molecule has 8 heteroatoms. The number of nitrogens with one attached hydrogen (secondary N) is 1. The average molecular weight is 338 g/mol. The Bertz CT molecular complexity index is 817. The number of amides is 1. The number of nitro benzene ring substituents is 1. The quantitative estimate of drug-likeness (QED) is 0.662. The SMILES string of the molecule is Cc1cc(C(F)(F)F)ccc1NC(=O)c1c(C)cccc1[N+](=O)[O-]. The number of anilines is 1. The van der Waals surface area contributed by atoms with Crippen LogP contribution in [-0.2, 0) is 6.18 Å². The maximum atomic E-state index is 12.7. The van der Waals surface area contributed by atoms with E-state index in [2.05, 4.69) is 5.32 Å². The number of alkyl halides is 3. The summed E-state index contributed by atoms with van der Waals surface area (Å²) in [5, 5.41) is 13.5. The molecule has 2 aromatic rings. The van der Waals surface area contributed by atoms with Crippen LogP contribution in [0.2, 0.25) is 0 Å². The third-order valence-corrected chi connectivity index (χ3v) is 3.48. The first-order valence-electron chi connectivity index (χ1n) is 6.84. The van der Waals surface area contributed by atoms with Gasteiger partial charge >= 0.3 is 6.18 Å². The van der Waals surface area contributed by atoms with Crippen molar-refractivity contribution in [2.45, 2.75) is 20.0 Å². The van der Waals surface area contributed by atoms with E-state index in [1.165, 1.54) is 19.1 Å². The standard InChI is InChI=1S/C16H13F3N2O3/c1-9-4-3-5-13(21(23)24)14(9)15(22)20-12-7-6-11(8-10(12)2)16(17,18)19/h3-8H,1-2H3,(H,20,22). The number of hydrogen-bond acceptors (Lipinski definition) is 3. The van der Waals surface area contributed by atoms with E-state index in [-0.39, 0.29) is 22.5 Å². The second kappa shape index (κ2) is 6.31. The van der Waals surface area contributed by atoms with Crippen molar-refractivity contribution in [2.75, 3.05) is 5.32 Å². The molecule has 5 nitrogen and oxygen atoms in total. The molecule has 1 N–H and O–H groups in total. The molecule has 0 bridgehead atoms. The van der Waals surface area contributed by atoms with Crippen LogP contribution in [0.25, 0.3) is 0 Å². The first-order valence-corrected chi connectivity index (χ1v) is 6.84. The number of carbonyl (C=O) groups is 1. The zero-order valence-corrected chi connectivity index (χ0v) is 12.8. The van der Waals surface area contributed by atoms with Crippen LogP contribution in [0.5, 0.6) is 0 Å². The van der Waals surface area contributed by atoms with Crippen LogP contribution in [0.4, 0.5) is 24.5 Å². The van der Waals surface area contributed by atoms with E-state index in [1.54, 1.807) is 13.0 Å². The largest absolute Gasteiger partial charge is 0.416 e. The van der Waals surface area contributed by atoms with E-state index in [9.17, 15) is 28.1 Å². The van der Waals surface area contributed by atoms with E-state index in [0.29, 0.717) is 5.56 Å². The van der Waals surface area contributed by atoms with Gasteiger partial charge in [-0.15, -0.1) is 0 Å². The number of nitro groups is 1. The van der Waals surface area contributed by atoms with Crippen LogP contribution < -0.4 is 5.32 Å². The van der Waals surface area contributed by atoms with Crippen LogP contribution in [0, 0.1) is 24.0 Å². The Morgan fingerprint density at radius 1 is 1.12 bits per heavy atom. The van der Waals surface area contributed by atoms with Crippen LogP contribution in [0.15, 0.2) is 36.4 Å². The minimum atomic E-state index is -4.48. The highest BCUT2D eigenvalue weighted by Gasteiger charge is 2.31. The molecular formula is C16H13F3N2O3. The van der Waals surface area contributed by atoms with Gasteiger partial charge in [0.25, 0.3) is 11.6 Å². The van der Waals surface area contributed by atoms with Gasteiger partial charge in [-0.2, -0.15) is 13.2 Å². The van der Waals surface area contributed by atoms with Crippen LogP contribution in [-0.4, -0.2) is 10.8 Å². The van der Waals surface area contributed by atoms with E-state index >= 15 is 0 Å². The molecule has 0 aliphatic heterocycles. The van der Waals surface area contributed by atoms with Gasteiger partial charge in [0.05, 0.1) is 10.5 Å². The number of nitrogens with zero attached hydrogens (tertiary/aromatic N) is 1. The zero-order chi connectivity index (χ0) is 18.1. The molecule has 0 spiro atoms. The molecule has 24 heavy (non-hydrogen) atoms. The van der Waals surface area contributed by atoms with E-state index in [0.717, 1.165) is 18.2 Å². The minimum Gasteiger partial charge on any atom is -0.322 e. The van der Waals surface area contributed by atoms with Crippen LogP contribution in [0.3, 0.4) is 0 Å². The smallest absolute Gasteiger partial charge is 0.322 e. The van der Waals surface area contributed by atoms with Gasteiger partial charge in [0.15, 0.2) is 0 Å². The lowest BCUT2D eigenvalue weighted by atomic mass is 10.0. The summed E-state index contributed by atoms with van der Waals surface area (Å²) in [5.74, 6) is -0.748. The topological polar surface area (TPSA) is 72.2 Å². The highest BCUT2D eigenvalue weighted by molar-refractivity contribution is 6.08. The van der Waals surface area contributed by atoms with E-state index in [1.807, 2.05) is 0 Å². The number of aryl methyl sites for hydroxylation is 2. The molecule has 0 aliphatic carbocycles. The second-order valence-corrected chi connectivity index (χ2v) is 5.21. The van der Waals surface area contributed by atoms with Gasteiger partial charge in [0.2, 0.25) is 0 Å². The lowest BCUT2D eigenvalue weighted by molar-refractivity contribution is -0.385.